The van der Waals surface area contributed by atoms with E-state index in [-0.39, 0.29) is 0 Å². The molecule has 32 heavy (non-hydrogen) atoms. The number of rotatable bonds is 5. The number of hydrogen-bond acceptors (Lipinski definition) is 2. The number of hydrogen-bond donors (Lipinski definition) is 0. The molecule has 0 aliphatic heterocycles. The topological polar surface area (TPSA) is 0 Å². The Balaban J connectivity index is 1.82. The standard InChI is InChI=1S/C29H32S2Si/c1-20(2)32(21(3)4,22(5)6)18-16-27-28(15-17-30-27)31-29-25-13-9-7-11-23(25)19-24-12-8-10-14-26(24)29/h7-15,17,19-22H,1-6H3. The van der Waals surface area contributed by atoms with E-state index in [4.69, 9.17) is 0 Å². The van der Waals surface area contributed by atoms with Crippen LogP contribution in [0, 0.1) is 11.5 Å². The van der Waals surface area contributed by atoms with Gasteiger partial charge < -0.3 is 0 Å². The summed E-state index contributed by atoms with van der Waals surface area (Å²) in [5.74, 6) is 3.70. The van der Waals surface area contributed by atoms with Crippen molar-refractivity contribution in [1.29, 1.82) is 0 Å². The molecule has 0 unspecified atom stereocenters. The molecule has 0 saturated carbocycles. The van der Waals surface area contributed by atoms with E-state index in [0.717, 1.165) is 0 Å². The summed E-state index contributed by atoms with van der Waals surface area (Å²) in [6, 6.07) is 22.0. The highest BCUT2D eigenvalue weighted by Gasteiger charge is 2.41. The SMILES string of the molecule is CC(C)[Si](C#Cc1sccc1Sc1c2ccccc2cc2ccccc12)(C(C)C)C(C)C. The summed E-state index contributed by atoms with van der Waals surface area (Å²) in [4.78, 5) is 3.83. The van der Waals surface area contributed by atoms with E-state index < -0.39 is 8.07 Å². The molecule has 0 N–H and O–H groups in total. The summed E-state index contributed by atoms with van der Waals surface area (Å²) in [6.07, 6.45) is 0. The minimum absolute atomic E-state index is 0.646. The first kappa shape index (κ1) is 23.2. The molecule has 4 rings (SSSR count). The lowest BCUT2D eigenvalue weighted by molar-refractivity contribution is 0.838. The molecule has 0 atom stereocenters. The zero-order chi connectivity index (χ0) is 22.9. The van der Waals surface area contributed by atoms with Crippen molar-refractivity contribution in [2.45, 2.75) is 68.0 Å². The zero-order valence-electron chi connectivity index (χ0n) is 19.9. The van der Waals surface area contributed by atoms with Gasteiger partial charge in [0, 0.05) is 9.79 Å². The Morgan fingerprint density at radius 1 is 0.750 bits per heavy atom. The number of thiophene rings is 1. The highest BCUT2D eigenvalue weighted by molar-refractivity contribution is 8.00. The Bertz CT molecular complexity index is 1230. The van der Waals surface area contributed by atoms with E-state index in [1.165, 1.54) is 36.2 Å². The Morgan fingerprint density at radius 3 is 1.81 bits per heavy atom. The molecule has 3 heteroatoms. The van der Waals surface area contributed by atoms with Gasteiger partial charge in [0.25, 0.3) is 0 Å². The average Bonchev–Trinajstić information content (AvgIpc) is 3.20. The molecular weight excluding hydrogens is 441 g/mol. The van der Waals surface area contributed by atoms with Crippen LogP contribution in [0.5, 0.6) is 0 Å². The quantitative estimate of drug-likeness (QED) is 0.158. The normalized spacial score (nSPS) is 12.2. The third-order valence-corrected chi connectivity index (χ3v) is 15.3. The van der Waals surface area contributed by atoms with Gasteiger partial charge in [0.1, 0.15) is 8.07 Å². The maximum atomic E-state index is 3.92. The second-order valence-corrected chi connectivity index (χ2v) is 17.1. The molecule has 0 aliphatic rings. The fourth-order valence-corrected chi connectivity index (χ4v) is 12.6. The largest absolute Gasteiger partial charge is 0.146 e. The second kappa shape index (κ2) is 9.47. The lowest BCUT2D eigenvalue weighted by atomic mass is 10.0. The zero-order valence-corrected chi connectivity index (χ0v) is 22.5. The van der Waals surface area contributed by atoms with Crippen LogP contribution in [-0.2, 0) is 0 Å². The van der Waals surface area contributed by atoms with E-state index in [9.17, 15) is 0 Å². The van der Waals surface area contributed by atoms with Crippen molar-refractivity contribution >= 4 is 52.7 Å². The summed E-state index contributed by atoms with van der Waals surface area (Å²) in [7, 11) is -1.75. The number of benzene rings is 3. The maximum absolute atomic E-state index is 3.92. The fraction of sp³-hybridized carbons (Fsp3) is 0.310. The molecular formula is C29H32S2Si. The Hall–Kier alpha value is -1.99. The summed E-state index contributed by atoms with van der Waals surface area (Å²) < 4.78 is 0. The van der Waals surface area contributed by atoms with Crippen LogP contribution in [0.2, 0.25) is 16.6 Å². The molecule has 0 aliphatic carbocycles. The lowest BCUT2D eigenvalue weighted by Gasteiger charge is -2.38. The Labute approximate surface area is 202 Å². The van der Waals surface area contributed by atoms with E-state index in [1.807, 2.05) is 11.8 Å². The van der Waals surface area contributed by atoms with Crippen LogP contribution in [-0.4, -0.2) is 8.07 Å². The van der Waals surface area contributed by atoms with E-state index in [1.54, 1.807) is 11.3 Å². The predicted octanol–water partition coefficient (Wildman–Crippen LogP) is 9.78. The van der Waals surface area contributed by atoms with E-state index in [0.29, 0.717) is 16.6 Å². The van der Waals surface area contributed by atoms with Gasteiger partial charge in [-0.25, -0.2) is 0 Å². The molecule has 0 nitrogen and oxygen atoms in total. The minimum atomic E-state index is -1.75. The van der Waals surface area contributed by atoms with Crippen LogP contribution in [0.25, 0.3) is 21.5 Å². The smallest absolute Gasteiger partial charge is 0.134 e. The molecule has 3 aromatic carbocycles. The number of fused-ring (bicyclic) bond motifs is 2. The van der Waals surface area contributed by atoms with Gasteiger partial charge in [-0.2, -0.15) is 0 Å². The van der Waals surface area contributed by atoms with E-state index in [2.05, 4.69) is 119 Å². The van der Waals surface area contributed by atoms with Gasteiger partial charge in [-0.1, -0.05) is 108 Å². The molecule has 0 saturated heterocycles. The van der Waals surface area contributed by atoms with Crippen molar-refractivity contribution < 1.29 is 0 Å². The van der Waals surface area contributed by atoms with Gasteiger partial charge in [-0.15, -0.1) is 16.9 Å². The lowest BCUT2D eigenvalue weighted by Crippen LogP contribution is -2.43. The van der Waals surface area contributed by atoms with Crippen molar-refractivity contribution in [2.75, 3.05) is 0 Å². The molecule has 164 valence electrons. The first-order chi connectivity index (χ1) is 15.3. The first-order valence-electron chi connectivity index (χ1n) is 11.5. The highest BCUT2D eigenvalue weighted by atomic mass is 32.2. The van der Waals surface area contributed by atoms with Crippen molar-refractivity contribution in [3.63, 3.8) is 0 Å². The molecule has 0 bridgehead atoms. The van der Waals surface area contributed by atoms with Crippen LogP contribution in [0.4, 0.5) is 0 Å². The van der Waals surface area contributed by atoms with Crippen molar-refractivity contribution in [1.82, 2.24) is 0 Å². The van der Waals surface area contributed by atoms with Gasteiger partial charge in [0.15, 0.2) is 0 Å². The third kappa shape index (κ3) is 4.17. The Morgan fingerprint density at radius 2 is 1.28 bits per heavy atom. The van der Waals surface area contributed by atoms with Crippen LogP contribution in [0.1, 0.15) is 46.4 Å². The minimum Gasteiger partial charge on any atom is -0.134 e. The van der Waals surface area contributed by atoms with Gasteiger partial charge in [-0.05, 0) is 55.7 Å². The van der Waals surface area contributed by atoms with Gasteiger partial charge in [0.2, 0.25) is 0 Å². The van der Waals surface area contributed by atoms with Crippen molar-refractivity contribution in [3.8, 4) is 11.5 Å². The molecule has 0 spiro atoms. The van der Waals surface area contributed by atoms with Gasteiger partial charge in [0.05, 0.1) is 4.88 Å². The maximum Gasteiger partial charge on any atom is 0.146 e. The predicted molar refractivity (Wildman–Crippen MR) is 148 cm³/mol. The van der Waals surface area contributed by atoms with Crippen LogP contribution in [0.15, 0.2) is 75.8 Å². The summed E-state index contributed by atoms with van der Waals surface area (Å²) >= 11 is 3.66. The third-order valence-electron chi connectivity index (χ3n) is 6.82. The van der Waals surface area contributed by atoms with Crippen LogP contribution in [0.3, 0.4) is 0 Å². The Kier molecular flexibility index (Phi) is 6.86. The monoisotopic (exact) mass is 472 g/mol. The average molecular weight is 473 g/mol. The van der Waals surface area contributed by atoms with Crippen LogP contribution >= 0.6 is 23.1 Å². The van der Waals surface area contributed by atoms with Gasteiger partial charge in [-0.3, -0.25) is 0 Å². The summed E-state index contributed by atoms with van der Waals surface area (Å²) in [5.41, 5.74) is 5.86. The second-order valence-electron chi connectivity index (χ2n) is 9.51. The molecule has 0 fully saturated rings. The summed E-state index contributed by atoms with van der Waals surface area (Å²) in [5, 5.41) is 7.42. The molecule has 0 amide bonds. The summed E-state index contributed by atoms with van der Waals surface area (Å²) in [6.45, 7) is 14.3. The van der Waals surface area contributed by atoms with Crippen molar-refractivity contribution in [3.05, 3.63) is 70.9 Å². The molecule has 1 aromatic heterocycles. The first-order valence-corrected chi connectivity index (χ1v) is 15.5. The highest BCUT2D eigenvalue weighted by Crippen LogP contribution is 2.43. The van der Waals surface area contributed by atoms with Gasteiger partial charge >= 0.3 is 0 Å². The molecule has 1 heterocycles. The fourth-order valence-electron chi connectivity index (χ4n) is 5.26. The van der Waals surface area contributed by atoms with E-state index >= 15 is 0 Å². The molecule has 4 aromatic rings. The van der Waals surface area contributed by atoms with Crippen molar-refractivity contribution in [2.24, 2.45) is 0 Å². The molecule has 0 radical (unpaired) electrons. The van der Waals surface area contributed by atoms with Crippen LogP contribution < -0.4 is 0 Å².